The van der Waals surface area contributed by atoms with Gasteiger partial charge in [-0.15, -0.1) is 0 Å². The molecular formula is C33H54O6Si. The highest BCUT2D eigenvalue weighted by Crippen LogP contribution is 2.56. The number of benzene rings is 1. The van der Waals surface area contributed by atoms with Gasteiger partial charge >= 0.3 is 0 Å². The second kappa shape index (κ2) is 12.4. The molecule has 6 atom stereocenters. The highest BCUT2D eigenvalue weighted by atomic mass is 28.4. The zero-order chi connectivity index (χ0) is 30.1. The van der Waals surface area contributed by atoms with Crippen LogP contribution in [0.5, 0.6) is 5.75 Å². The average molecular weight is 575 g/mol. The van der Waals surface area contributed by atoms with E-state index in [0.717, 1.165) is 23.3 Å². The third kappa shape index (κ3) is 6.59. The molecule has 0 unspecified atom stereocenters. The summed E-state index contributed by atoms with van der Waals surface area (Å²) in [5.41, 5.74) is -0.102. The topological polar surface area (TPSA) is 85.2 Å². The fourth-order valence-corrected chi connectivity index (χ4v) is 7.54. The van der Waals surface area contributed by atoms with E-state index in [0.29, 0.717) is 32.3 Å². The molecule has 226 valence electrons. The number of allylic oxidation sites excluding steroid dienone is 1. The van der Waals surface area contributed by atoms with Gasteiger partial charge in [0.2, 0.25) is 0 Å². The molecule has 2 bridgehead atoms. The van der Waals surface area contributed by atoms with E-state index in [1.807, 2.05) is 45.0 Å². The monoisotopic (exact) mass is 574 g/mol. The molecule has 0 saturated heterocycles. The maximum absolute atomic E-state index is 14.2. The van der Waals surface area contributed by atoms with Gasteiger partial charge in [0.15, 0.2) is 14.1 Å². The highest BCUT2D eigenvalue weighted by molar-refractivity contribution is 6.74. The van der Waals surface area contributed by atoms with Crippen LogP contribution in [-0.4, -0.2) is 55.8 Å². The zero-order valence-electron chi connectivity index (χ0n) is 26.4. The molecule has 2 aliphatic carbocycles. The lowest BCUT2D eigenvalue weighted by Gasteiger charge is -2.44. The van der Waals surface area contributed by atoms with Crippen LogP contribution in [0, 0.1) is 23.2 Å². The number of carbonyl (C=O) groups excluding carboxylic acids is 1. The zero-order valence-corrected chi connectivity index (χ0v) is 27.4. The molecule has 0 radical (unpaired) electrons. The summed E-state index contributed by atoms with van der Waals surface area (Å²) in [6.45, 7) is 22.4. The number of fused-ring (bicyclic) bond motifs is 2. The number of rotatable bonds is 10. The van der Waals surface area contributed by atoms with Gasteiger partial charge in [-0.05, 0) is 73.9 Å². The van der Waals surface area contributed by atoms with E-state index < -0.39 is 31.5 Å². The van der Waals surface area contributed by atoms with Crippen molar-refractivity contribution in [2.24, 2.45) is 23.2 Å². The van der Waals surface area contributed by atoms with Crippen molar-refractivity contribution in [3.8, 4) is 5.75 Å². The highest BCUT2D eigenvalue weighted by Gasteiger charge is 2.62. The number of aliphatic hydroxyl groups excluding tert-OH is 1. The van der Waals surface area contributed by atoms with E-state index in [9.17, 15) is 15.0 Å². The van der Waals surface area contributed by atoms with E-state index in [-0.39, 0.29) is 35.2 Å². The summed E-state index contributed by atoms with van der Waals surface area (Å²) in [6.07, 6.45) is 1.28. The van der Waals surface area contributed by atoms with Gasteiger partial charge in [-0.2, -0.15) is 0 Å². The van der Waals surface area contributed by atoms with Gasteiger partial charge in [0.05, 0.1) is 25.4 Å². The minimum Gasteiger partial charge on any atom is -0.497 e. The Morgan fingerprint density at radius 2 is 1.80 bits per heavy atom. The van der Waals surface area contributed by atoms with Crippen LogP contribution in [0.15, 0.2) is 36.4 Å². The maximum Gasteiger partial charge on any atom is 0.191 e. The number of methoxy groups -OCH3 is 1. The first-order valence-electron chi connectivity index (χ1n) is 15.0. The van der Waals surface area contributed by atoms with Crippen molar-refractivity contribution in [2.45, 2.75) is 116 Å². The second-order valence-corrected chi connectivity index (χ2v) is 19.1. The molecule has 40 heavy (non-hydrogen) atoms. The Kier molecular flexibility index (Phi) is 10.2. The second-order valence-electron chi connectivity index (χ2n) is 14.3. The van der Waals surface area contributed by atoms with Crippen LogP contribution in [0.25, 0.3) is 0 Å². The van der Waals surface area contributed by atoms with Crippen molar-refractivity contribution in [1.29, 1.82) is 0 Å². The fourth-order valence-electron chi connectivity index (χ4n) is 6.46. The smallest absolute Gasteiger partial charge is 0.191 e. The molecule has 0 aromatic heterocycles. The van der Waals surface area contributed by atoms with Crippen LogP contribution >= 0.6 is 0 Å². The molecular weight excluding hydrogens is 520 g/mol. The van der Waals surface area contributed by atoms with Crippen molar-refractivity contribution in [2.75, 3.05) is 13.7 Å². The van der Waals surface area contributed by atoms with Gasteiger partial charge in [-0.1, -0.05) is 65.8 Å². The first-order valence-corrected chi connectivity index (χ1v) is 17.9. The Balaban J connectivity index is 1.80. The number of aliphatic hydroxyl groups is 2. The van der Waals surface area contributed by atoms with Gasteiger partial charge in [-0.3, -0.25) is 4.79 Å². The first kappa shape index (κ1) is 33.0. The lowest BCUT2D eigenvalue weighted by Crippen LogP contribution is -2.54. The fraction of sp³-hybridized carbons (Fsp3) is 0.727. The van der Waals surface area contributed by atoms with Gasteiger partial charge in [0.25, 0.3) is 0 Å². The first-order chi connectivity index (χ1) is 18.5. The van der Waals surface area contributed by atoms with Crippen LogP contribution in [0.1, 0.15) is 79.2 Å². The molecule has 2 fully saturated rings. The molecule has 2 N–H and O–H groups in total. The molecule has 2 saturated carbocycles. The van der Waals surface area contributed by atoms with Crippen molar-refractivity contribution in [3.63, 3.8) is 0 Å². The Morgan fingerprint density at radius 1 is 1.18 bits per heavy atom. The van der Waals surface area contributed by atoms with Crippen molar-refractivity contribution in [3.05, 3.63) is 42.0 Å². The summed E-state index contributed by atoms with van der Waals surface area (Å²) < 4.78 is 18.1. The summed E-state index contributed by atoms with van der Waals surface area (Å²) in [4.78, 5) is 14.2. The van der Waals surface area contributed by atoms with E-state index in [4.69, 9.17) is 13.9 Å². The van der Waals surface area contributed by atoms with Crippen molar-refractivity contribution in [1.82, 2.24) is 0 Å². The Labute approximate surface area is 243 Å². The van der Waals surface area contributed by atoms with E-state index in [1.54, 1.807) is 7.11 Å². The Morgan fingerprint density at radius 3 is 2.38 bits per heavy atom. The molecule has 2 aliphatic rings. The van der Waals surface area contributed by atoms with Crippen LogP contribution in [0.3, 0.4) is 0 Å². The third-order valence-corrected chi connectivity index (χ3v) is 15.2. The average Bonchev–Trinajstić information content (AvgIpc) is 3.13. The quantitative estimate of drug-likeness (QED) is 0.184. The van der Waals surface area contributed by atoms with Crippen molar-refractivity contribution >= 4 is 14.1 Å². The predicted octanol–water partition coefficient (Wildman–Crippen LogP) is 6.69. The molecule has 6 nitrogen and oxygen atoms in total. The maximum atomic E-state index is 14.2. The minimum absolute atomic E-state index is 0.0357. The molecule has 3 rings (SSSR count). The predicted molar refractivity (Wildman–Crippen MR) is 163 cm³/mol. The number of hydrogen-bond acceptors (Lipinski definition) is 6. The minimum atomic E-state index is -1.84. The van der Waals surface area contributed by atoms with Gasteiger partial charge < -0.3 is 24.1 Å². The van der Waals surface area contributed by atoms with Gasteiger partial charge in [0.1, 0.15) is 11.9 Å². The third-order valence-electron chi connectivity index (χ3n) is 10.6. The summed E-state index contributed by atoms with van der Waals surface area (Å²) in [5.74, 6) is -0.0355. The number of carbonyl (C=O) groups is 1. The van der Waals surface area contributed by atoms with E-state index >= 15 is 0 Å². The Hall–Kier alpha value is -1.51. The van der Waals surface area contributed by atoms with Gasteiger partial charge in [0, 0.05) is 23.9 Å². The molecule has 0 amide bonds. The van der Waals surface area contributed by atoms with Crippen molar-refractivity contribution < 1.29 is 28.9 Å². The largest absolute Gasteiger partial charge is 0.497 e. The summed E-state index contributed by atoms with van der Waals surface area (Å²) >= 11 is 0. The molecule has 1 aromatic rings. The summed E-state index contributed by atoms with van der Waals surface area (Å²) in [5, 5.41) is 23.5. The molecule has 0 spiro atoms. The van der Waals surface area contributed by atoms with Crippen LogP contribution < -0.4 is 4.74 Å². The number of ketones is 1. The van der Waals surface area contributed by atoms with Crippen LogP contribution in [0.2, 0.25) is 18.1 Å². The van der Waals surface area contributed by atoms with E-state index in [2.05, 4.69) is 40.4 Å². The summed E-state index contributed by atoms with van der Waals surface area (Å²) in [7, 11) is -0.209. The molecule has 0 heterocycles. The summed E-state index contributed by atoms with van der Waals surface area (Å²) in [6, 6.07) is 7.65. The number of ether oxygens (including phenoxy) is 2. The molecule has 0 aliphatic heterocycles. The lowest BCUT2D eigenvalue weighted by atomic mass is 9.67. The van der Waals surface area contributed by atoms with Crippen LogP contribution in [0.4, 0.5) is 0 Å². The number of Topliss-reactive ketones (excluding diaryl/α,β-unsaturated/α-hetero) is 1. The Bertz CT molecular complexity index is 1030. The van der Waals surface area contributed by atoms with Crippen LogP contribution in [-0.2, 0) is 20.6 Å². The normalized spacial score (nSPS) is 30.9. The SMILES string of the molecule is C=C(CCCO[Si](C)(C)C(C)(C)C)[C@H]1C[C@H](O)[C@]2(O)CC[C@H]([C@@H](OCc3ccc(OC)cc3)C(=O)[C@@H]1C)C2(C)C. The van der Waals surface area contributed by atoms with Gasteiger partial charge in [-0.25, -0.2) is 0 Å². The number of hydrogen-bond donors (Lipinski definition) is 2. The molecule has 1 aromatic carbocycles. The lowest BCUT2D eigenvalue weighted by molar-refractivity contribution is -0.159. The van der Waals surface area contributed by atoms with E-state index in [1.165, 1.54) is 0 Å². The molecule has 7 heteroatoms. The standard InChI is InChI=1S/C33H54O6Si/c1-22(12-11-19-39-40(9,10)31(3,4)5)26-20-28(34)33(36)18-17-27(32(33,6)7)30(29(35)23(26)2)38-21-24-13-15-25(37-8)16-14-24/h13-16,23,26-28,30,34,36H,1,11-12,17-21H2,2-10H3/t23-,26-,27-,28+,30-,33-/m1/s1.